The maximum absolute atomic E-state index is 6.46. The highest BCUT2D eigenvalue weighted by Crippen LogP contribution is 2.39. The first-order chi connectivity index (χ1) is 30.2. The van der Waals surface area contributed by atoms with E-state index in [1.54, 1.807) is 0 Å². The predicted octanol–water partition coefficient (Wildman–Crippen LogP) is 14.6. The number of fused-ring (bicyclic) bond motifs is 6. The van der Waals surface area contributed by atoms with Gasteiger partial charge in [-0.2, -0.15) is 0 Å². The van der Waals surface area contributed by atoms with Crippen LogP contribution in [0.2, 0.25) is 0 Å². The molecule has 0 N–H and O–H groups in total. The van der Waals surface area contributed by atoms with Crippen molar-refractivity contribution in [3.05, 3.63) is 207 Å². The average Bonchev–Trinajstić information content (AvgIpc) is 3.70. The molecule has 0 saturated heterocycles. The van der Waals surface area contributed by atoms with E-state index < -0.39 is 0 Å². The Morgan fingerprint density at radius 1 is 0.311 bits per heavy atom. The molecular formula is C56H34N4O. The zero-order valence-corrected chi connectivity index (χ0v) is 32.8. The van der Waals surface area contributed by atoms with E-state index in [-0.39, 0.29) is 0 Å². The molecule has 5 heteroatoms. The summed E-state index contributed by atoms with van der Waals surface area (Å²) in [6, 6.07) is 68.1. The van der Waals surface area contributed by atoms with Gasteiger partial charge in [0.25, 0.3) is 0 Å². The van der Waals surface area contributed by atoms with Gasteiger partial charge in [0.2, 0.25) is 0 Å². The molecule has 0 aliphatic carbocycles. The Morgan fingerprint density at radius 2 is 0.787 bits per heavy atom. The van der Waals surface area contributed by atoms with Crippen LogP contribution in [0.5, 0.6) is 0 Å². The summed E-state index contributed by atoms with van der Waals surface area (Å²) in [5, 5.41) is 9.04. The first kappa shape index (κ1) is 34.7. The predicted molar refractivity (Wildman–Crippen MR) is 250 cm³/mol. The molecule has 0 radical (unpaired) electrons. The number of pyridine rings is 1. The van der Waals surface area contributed by atoms with Crippen molar-refractivity contribution >= 4 is 54.3 Å². The van der Waals surface area contributed by atoms with Crippen LogP contribution in [-0.2, 0) is 0 Å². The van der Waals surface area contributed by atoms with Crippen molar-refractivity contribution in [1.29, 1.82) is 0 Å². The lowest BCUT2D eigenvalue weighted by Crippen LogP contribution is -2.00. The number of nitrogens with zero attached hydrogens (tertiary/aromatic N) is 4. The largest absolute Gasteiger partial charge is 0.456 e. The molecule has 12 aromatic rings. The topological polar surface area (TPSA) is 64.7 Å². The van der Waals surface area contributed by atoms with Crippen LogP contribution < -0.4 is 0 Å². The van der Waals surface area contributed by atoms with Crippen LogP contribution in [0, 0.1) is 0 Å². The minimum absolute atomic E-state index is 0.584. The molecule has 0 aliphatic rings. The van der Waals surface area contributed by atoms with E-state index in [1.807, 2.05) is 30.6 Å². The first-order valence-corrected chi connectivity index (χ1v) is 20.4. The smallest absolute Gasteiger partial charge is 0.164 e. The van der Waals surface area contributed by atoms with Crippen LogP contribution >= 0.6 is 0 Å². The fourth-order valence-corrected chi connectivity index (χ4v) is 8.56. The molecule has 61 heavy (non-hydrogen) atoms. The highest BCUT2D eigenvalue weighted by molar-refractivity contribution is 6.15. The Labute approximate surface area is 351 Å². The minimum Gasteiger partial charge on any atom is -0.456 e. The van der Waals surface area contributed by atoms with Crippen LogP contribution in [0.15, 0.2) is 211 Å². The van der Waals surface area contributed by atoms with Crippen LogP contribution in [0.25, 0.3) is 122 Å². The number of benzene rings is 9. The van der Waals surface area contributed by atoms with E-state index in [1.165, 1.54) is 21.9 Å². The number of hydrogen-bond acceptors (Lipinski definition) is 5. The quantitative estimate of drug-likeness (QED) is 0.168. The van der Waals surface area contributed by atoms with Crippen LogP contribution in [0.3, 0.4) is 0 Å². The van der Waals surface area contributed by atoms with Crippen molar-refractivity contribution < 1.29 is 4.42 Å². The van der Waals surface area contributed by atoms with E-state index in [9.17, 15) is 0 Å². The molecule has 0 saturated carbocycles. The van der Waals surface area contributed by atoms with Crippen molar-refractivity contribution in [3.63, 3.8) is 0 Å². The van der Waals surface area contributed by atoms with Crippen molar-refractivity contribution in [3.8, 4) is 67.5 Å². The third kappa shape index (κ3) is 6.28. The Hall–Kier alpha value is -8.28. The van der Waals surface area contributed by atoms with Crippen molar-refractivity contribution in [2.24, 2.45) is 0 Å². The van der Waals surface area contributed by atoms with Crippen LogP contribution in [0.1, 0.15) is 0 Å². The number of aromatic nitrogens is 4. The second-order valence-corrected chi connectivity index (χ2v) is 15.5. The molecule has 0 amide bonds. The molecule has 0 unspecified atom stereocenters. The van der Waals surface area contributed by atoms with Gasteiger partial charge < -0.3 is 4.42 Å². The van der Waals surface area contributed by atoms with E-state index in [0.29, 0.717) is 17.5 Å². The Bertz CT molecular complexity index is 3630. The van der Waals surface area contributed by atoms with E-state index in [2.05, 4.69) is 181 Å². The zero-order valence-electron chi connectivity index (χ0n) is 32.8. The molecule has 9 aromatic carbocycles. The molecule has 0 aliphatic heterocycles. The fourth-order valence-electron chi connectivity index (χ4n) is 8.56. The van der Waals surface area contributed by atoms with Gasteiger partial charge in [-0.1, -0.05) is 158 Å². The highest BCUT2D eigenvalue weighted by atomic mass is 16.3. The maximum Gasteiger partial charge on any atom is 0.164 e. The SMILES string of the molecule is c1ccc2cc(-c3ccc(-c4ccc(-c5nc(-c6ccc(-c7ccc8ccncc8c7)cc6)nc(-c6cccc7oc8cc9ccccc9cc8c67)n5)cc4)cc3)ccc2c1. The standard InChI is InChI=1S/C56H34N4O/c1-2-7-43-30-46(26-20-35(43)6-1)38-14-12-36(13-15-38)37-16-22-41(23-17-37)54-58-55(42-24-18-39(19-25-42)47-27-21-40-28-29-57-34-48(40)31-47)60-56(59-54)49-10-5-11-51-53(49)50-32-44-8-3-4-9-45(44)33-52(50)61-51/h1-34H. The molecule has 0 bridgehead atoms. The van der Waals surface area contributed by atoms with Gasteiger partial charge in [-0.05, 0) is 96.7 Å². The molecule has 0 fully saturated rings. The zero-order chi connectivity index (χ0) is 40.3. The summed E-state index contributed by atoms with van der Waals surface area (Å²) in [6.07, 6.45) is 3.73. The lowest BCUT2D eigenvalue weighted by Gasteiger charge is -2.11. The first-order valence-electron chi connectivity index (χ1n) is 20.4. The lowest BCUT2D eigenvalue weighted by molar-refractivity contribution is 0.669. The summed E-state index contributed by atoms with van der Waals surface area (Å²) in [7, 11) is 0. The normalized spacial score (nSPS) is 11.6. The fraction of sp³-hybridized carbons (Fsp3) is 0. The summed E-state index contributed by atoms with van der Waals surface area (Å²) in [4.78, 5) is 19.8. The monoisotopic (exact) mass is 778 g/mol. The second-order valence-electron chi connectivity index (χ2n) is 15.5. The van der Waals surface area contributed by atoms with Gasteiger partial charge >= 0.3 is 0 Å². The summed E-state index contributed by atoms with van der Waals surface area (Å²) >= 11 is 0. The van der Waals surface area contributed by atoms with E-state index in [4.69, 9.17) is 19.4 Å². The molecule has 5 nitrogen and oxygen atoms in total. The van der Waals surface area contributed by atoms with Gasteiger partial charge in [-0.25, -0.2) is 15.0 Å². The van der Waals surface area contributed by atoms with Gasteiger partial charge in [0.15, 0.2) is 17.5 Å². The number of rotatable bonds is 6. The summed E-state index contributed by atoms with van der Waals surface area (Å²) in [5.74, 6) is 1.78. The summed E-state index contributed by atoms with van der Waals surface area (Å²) in [5.41, 5.74) is 11.2. The third-order valence-electron chi connectivity index (χ3n) is 11.8. The molecule has 12 rings (SSSR count). The summed E-state index contributed by atoms with van der Waals surface area (Å²) < 4.78 is 6.46. The second kappa shape index (κ2) is 14.2. The van der Waals surface area contributed by atoms with Crippen LogP contribution in [0.4, 0.5) is 0 Å². The van der Waals surface area contributed by atoms with Crippen molar-refractivity contribution in [1.82, 2.24) is 19.9 Å². The Balaban J connectivity index is 0.942. The minimum atomic E-state index is 0.584. The van der Waals surface area contributed by atoms with Crippen molar-refractivity contribution in [2.75, 3.05) is 0 Å². The lowest BCUT2D eigenvalue weighted by atomic mass is 9.98. The number of hydrogen-bond donors (Lipinski definition) is 0. The number of furan rings is 1. The maximum atomic E-state index is 6.46. The van der Waals surface area contributed by atoms with Crippen molar-refractivity contribution in [2.45, 2.75) is 0 Å². The molecule has 0 spiro atoms. The molecule has 3 heterocycles. The van der Waals surface area contributed by atoms with Gasteiger partial charge in [-0.3, -0.25) is 4.98 Å². The highest BCUT2D eigenvalue weighted by Gasteiger charge is 2.19. The van der Waals surface area contributed by atoms with Crippen LogP contribution in [-0.4, -0.2) is 19.9 Å². The molecule has 0 atom stereocenters. The third-order valence-corrected chi connectivity index (χ3v) is 11.8. The molecule has 284 valence electrons. The molecule has 3 aromatic heterocycles. The van der Waals surface area contributed by atoms with Gasteiger partial charge in [0, 0.05) is 45.2 Å². The summed E-state index contributed by atoms with van der Waals surface area (Å²) in [6.45, 7) is 0. The van der Waals surface area contributed by atoms with Gasteiger partial charge in [0.1, 0.15) is 11.2 Å². The Morgan fingerprint density at radius 3 is 1.41 bits per heavy atom. The van der Waals surface area contributed by atoms with E-state index in [0.717, 1.165) is 82.4 Å². The molecular weight excluding hydrogens is 745 g/mol. The Kier molecular flexibility index (Phi) is 8.10. The average molecular weight is 779 g/mol. The van der Waals surface area contributed by atoms with Gasteiger partial charge in [0.05, 0.1) is 0 Å². The van der Waals surface area contributed by atoms with Gasteiger partial charge in [-0.15, -0.1) is 0 Å². The van der Waals surface area contributed by atoms with E-state index >= 15 is 0 Å².